The lowest BCUT2D eigenvalue weighted by Gasteiger charge is -2.14. The lowest BCUT2D eigenvalue weighted by atomic mass is 10.2. The minimum Gasteiger partial charge on any atom is -0.480 e. The molecular formula is C9H17NO4. The molecule has 5 nitrogen and oxygen atoms in total. The normalized spacial score (nSPS) is 12.3. The maximum atomic E-state index is 11.0. The molecule has 0 aliphatic heterocycles. The summed E-state index contributed by atoms with van der Waals surface area (Å²) < 4.78 is 4.76. The molecule has 0 heterocycles. The molecule has 0 saturated carbocycles. The highest BCUT2D eigenvalue weighted by atomic mass is 16.6. The highest BCUT2D eigenvalue weighted by molar-refractivity contribution is 5.79. The fourth-order valence-corrected chi connectivity index (χ4v) is 0.936. The summed E-state index contributed by atoms with van der Waals surface area (Å²) in [6.45, 7) is 5.26. The van der Waals surface area contributed by atoms with Crippen molar-refractivity contribution in [3.05, 3.63) is 0 Å². The number of hydrogen-bond donors (Lipinski definition) is 2. The van der Waals surface area contributed by atoms with Gasteiger partial charge in [-0.25, -0.2) is 9.59 Å². The molecule has 0 radical (unpaired) electrons. The summed E-state index contributed by atoms with van der Waals surface area (Å²) in [5, 5.41) is 11.0. The van der Waals surface area contributed by atoms with E-state index in [0.29, 0.717) is 12.8 Å². The first-order valence-electron chi connectivity index (χ1n) is 4.67. The van der Waals surface area contributed by atoms with E-state index in [1.54, 1.807) is 13.8 Å². The van der Waals surface area contributed by atoms with Crippen LogP contribution < -0.4 is 5.32 Å². The average Bonchev–Trinajstić information content (AvgIpc) is 2.01. The van der Waals surface area contributed by atoms with Gasteiger partial charge in [0, 0.05) is 0 Å². The molecule has 2 N–H and O–H groups in total. The van der Waals surface area contributed by atoms with E-state index in [1.165, 1.54) is 0 Å². The average molecular weight is 203 g/mol. The highest BCUT2D eigenvalue weighted by Gasteiger charge is 2.19. The van der Waals surface area contributed by atoms with Gasteiger partial charge in [-0.1, -0.05) is 13.3 Å². The second-order valence-electron chi connectivity index (χ2n) is 3.28. The van der Waals surface area contributed by atoms with Gasteiger partial charge in [0.2, 0.25) is 0 Å². The van der Waals surface area contributed by atoms with Gasteiger partial charge in [-0.05, 0) is 20.3 Å². The summed E-state index contributed by atoms with van der Waals surface area (Å²) in [7, 11) is 0. The zero-order chi connectivity index (χ0) is 11.1. The van der Waals surface area contributed by atoms with E-state index < -0.39 is 18.1 Å². The molecule has 0 bridgehead atoms. The number of amides is 1. The molecular weight excluding hydrogens is 186 g/mol. The van der Waals surface area contributed by atoms with Crippen molar-refractivity contribution < 1.29 is 19.4 Å². The summed E-state index contributed by atoms with van der Waals surface area (Å²) in [6.07, 6.45) is 0.175. The minimum atomic E-state index is -1.03. The monoisotopic (exact) mass is 203 g/mol. The van der Waals surface area contributed by atoms with Gasteiger partial charge in [0.15, 0.2) is 0 Å². The lowest BCUT2D eigenvalue weighted by Crippen LogP contribution is -2.41. The van der Waals surface area contributed by atoms with E-state index >= 15 is 0 Å². The molecule has 82 valence electrons. The Morgan fingerprint density at radius 3 is 2.36 bits per heavy atom. The smallest absolute Gasteiger partial charge is 0.408 e. The van der Waals surface area contributed by atoms with Gasteiger partial charge < -0.3 is 15.2 Å². The van der Waals surface area contributed by atoms with Gasteiger partial charge in [-0.15, -0.1) is 0 Å². The summed E-state index contributed by atoms with van der Waals surface area (Å²) >= 11 is 0. The molecule has 1 atom stereocenters. The van der Waals surface area contributed by atoms with E-state index in [1.807, 2.05) is 6.92 Å². The van der Waals surface area contributed by atoms with Gasteiger partial charge >= 0.3 is 12.1 Å². The molecule has 0 aliphatic rings. The number of nitrogens with one attached hydrogen (secondary N) is 1. The Morgan fingerprint density at radius 1 is 1.43 bits per heavy atom. The van der Waals surface area contributed by atoms with E-state index in [4.69, 9.17) is 9.84 Å². The van der Waals surface area contributed by atoms with Crippen LogP contribution in [0.3, 0.4) is 0 Å². The van der Waals surface area contributed by atoms with Crippen molar-refractivity contribution >= 4 is 12.1 Å². The first-order chi connectivity index (χ1) is 6.47. The van der Waals surface area contributed by atoms with Crippen LogP contribution >= 0.6 is 0 Å². The molecule has 14 heavy (non-hydrogen) atoms. The standard InChI is InChI=1S/C9H17NO4/c1-4-5-7(8(11)12)10-9(13)14-6(2)3/h6-7H,4-5H2,1-3H3,(H,10,13)(H,11,12)/t7-/m1/s1. The Bertz CT molecular complexity index is 203. The predicted molar refractivity (Wildman–Crippen MR) is 51.1 cm³/mol. The van der Waals surface area contributed by atoms with Crippen LogP contribution in [-0.4, -0.2) is 29.3 Å². The number of aliphatic carboxylic acids is 1. The van der Waals surface area contributed by atoms with E-state index in [9.17, 15) is 9.59 Å². The maximum Gasteiger partial charge on any atom is 0.408 e. The van der Waals surface area contributed by atoms with Gasteiger partial charge in [0.05, 0.1) is 6.10 Å². The van der Waals surface area contributed by atoms with E-state index in [-0.39, 0.29) is 6.10 Å². The van der Waals surface area contributed by atoms with Crippen LogP contribution in [0.25, 0.3) is 0 Å². The van der Waals surface area contributed by atoms with Crippen LogP contribution in [0.15, 0.2) is 0 Å². The van der Waals surface area contributed by atoms with Gasteiger partial charge in [0.25, 0.3) is 0 Å². The highest BCUT2D eigenvalue weighted by Crippen LogP contribution is 1.98. The number of hydrogen-bond acceptors (Lipinski definition) is 3. The Hall–Kier alpha value is -1.26. The van der Waals surface area contributed by atoms with E-state index in [0.717, 1.165) is 0 Å². The van der Waals surface area contributed by atoms with Crippen LogP contribution in [0.5, 0.6) is 0 Å². The summed E-state index contributed by atoms with van der Waals surface area (Å²) in [6, 6.07) is -0.855. The Morgan fingerprint density at radius 2 is 2.00 bits per heavy atom. The quantitative estimate of drug-likeness (QED) is 0.707. The van der Waals surface area contributed by atoms with Crippen LogP contribution in [-0.2, 0) is 9.53 Å². The molecule has 0 aromatic rings. The zero-order valence-electron chi connectivity index (χ0n) is 8.74. The molecule has 0 fully saturated rings. The number of ether oxygens (including phenoxy) is 1. The molecule has 5 heteroatoms. The fraction of sp³-hybridized carbons (Fsp3) is 0.778. The number of rotatable bonds is 5. The van der Waals surface area contributed by atoms with Crippen LogP contribution in [0.4, 0.5) is 4.79 Å². The number of carboxylic acid groups (broad SMARTS) is 1. The third-order valence-corrected chi connectivity index (χ3v) is 1.51. The SMILES string of the molecule is CCC[C@@H](NC(=O)OC(C)C)C(=O)O. The molecule has 0 aromatic carbocycles. The summed E-state index contributed by atoms with van der Waals surface area (Å²) in [4.78, 5) is 21.7. The van der Waals surface area contributed by atoms with Crippen molar-refractivity contribution in [2.24, 2.45) is 0 Å². The van der Waals surface area contributed by atoms with Crippen molar-refractivity contribution in [3.63, 3.8) is 0 Å². The second kappa shape index (κ2) is 6.23. The molecule has 0 rings (SSSR count). The third-order valence-electron chi connectivity index (χ3n) is 1.51. The van der Waals surface area contributed by atoms with Gasteiger partial charge in [-0.3, -0.25) is 0 Å². The number of alkyl carbamates (subject to hydrolysis) is 1. The van der Waals surface area contributed by atoms with Crippen molar-refractivity contribution in [1.29, 1.82) is 0 Å². The van der Waals surface area contributed by atoms with Gasteiger partial charge in [0.1, 0.15) is 6.04 Å². The van der Waals surface area contributed by atoms with Crippen molar-refractivity contribution in [1.82, 2.24) is 5.32 Å². The molecule has 0 unspecified atom stereocenters. The van der Waals surface area contributed by atoms with Crippen LogP contribution in [0.2, 0.25) is 0 Å². The fourth-order valence-electron chi connectivity index (χ4n) is 0.936. The molecule has 0 aromatic heterocycles. The summed E-state index contributed by atoms with van der Waals surface area (Å²) in [5.41, 5.74) is 0. The van der Waals surface area contributed by atoms with Crippen molar-refractivity contribution in [2.45, 2.75) is 45.8 Å². The summed E-state index contributed by atoms with van der Waals surface area (Å²) in [5.74, 6) is -1.03. The van der Waals surface area contributed by atoms with Crippen molar-refractivity contribution in [2.75, 3.05) is 0 Å². The van der Waals surface area contributed by atoms with Crippen LogP contribution in [0, 0.1) is 0 Å². The Kier molecular flexibility index (Phi) is 5.67. The molecule has 0 spiro atoms. The minimum absolute atomic E-state index is 0.244. The largest absolute Gasteiger partial charge is 0.480 e. The molecule has 0 saturated heterocycles. The third kappa shape index (κ3) is 5.40. The van der Waals surface area contributed by atoms with Gasteiger partial charge in [-0.2, -0.15) is 0 Å². The Balaban J connectivity index is 4.02. The number of carbonyl (C=O) groups is 2. The second-order valence-corrected chi connectivity index (χ2v) is 3.28. The number of carbonyl (C=O) groups excluding carboxylic acids is 1. The maximum absolute atomic E-state index is 11.0. The Labute approximate surface area is 83.4 Å². The zero-order valence-corrected chi connectivity index (χ0v) is 8.74. The molecule has 0 aliphatic carbocycles. The lowest BCUT2D eigenvalue weighted by molar-refractivity contribution is -0.139. The van der Waals surface area contributed by atoms with Crippen LogP contribution in [0.1, 0.15) is 33.6 Å². The predicted octanol–water partition coefficient (Wildman–Crippen LogP) is 1.37. The molecule has 1 amide bonds. The van der Waals surface area contributed by atoms with E-state index in [2.05, 4.69) is 5.32 Å². The first kappa shape index (κ1) is 12.7. The first-order valence-corrected chi connectivity index (χ1v) is 4.67. The number of carboxylic acids is 1. The topological polar surface area (TPSA) is 75.6 Å². The van der Waals surface area contributed by atoms with Crippen molar-refractivity contribution in [3.8, 4) is 0 Å².